The van der Waals surface area contributed by atoms with Gasteiger partial charge in [0.05, 0.1) is 0 Å². The van der Waals surface area contributed by atoms with Crippen LogP contribution < -0.4 is 4.90 Å². The van der Waals surface area contributed by atoms with Crippen LogP contribution in [0.5, 0.6) is 0 Å². The molecular weight excluding hydrogens is 226 g/mol. The molecule has 0 aliphatic carbocycles. The van der Waals surface area contributed by atoms with Crippen molar-refractivity contribution in [3.8, 4) is 0 Å². The van der Waals surface area contributed by atoms with Crippen LogP contribution in [0.1, 0.15) is 12.8 Å². The Kier molecular flexibility index (Phi) is 4.92. The molecule has 1 aliphatic heterocycles. The minimum atomic E-state index is 0.321. The van der Waals surface area contributed by atoms with E-state index in [0.717, 1.165) is 18.9 Å². The predicted molar refractivity (Wildman–Crippen MR) is 64.8 cm³/mol. The van der Waals surface area contributed by atoms with Gasteiger partial charge in [0, 0.05) is 32.0 Å². The molecule has 0 amide bonds. The van der Waals surface area contributed by atoms with E-state index in [1.54, 1.807) is 6.07 Å². The van der Waals surface area contributed by atoms with Crippen LogP contribution in [0.4, 0.5) is 5.82 Å². The van der Waals surface area contributed by atoms with Gasteiger partial charge >= 0.3 is 0 Å². The molecule has 0 aromatic carbocycles. The SMILES string of the molecule is C=C.O=C1CCN(c2cc(Cl)ncn2)CC1. The molecule has 0 spiro atoms. The predicted octanol–water partition coefficient (Wildman–Crippen LogP) is 2.10. The minimum Gasteiger partial charge on any atom is -0.356 e. The Morgan fingerprint density at radius 3 is 2.44 bits per heavy atom. The van der Waals surface area contributed by atoms with E-state index in [1.165, 1.54) is 6.33 Å². The third-order valence-electron chi connectivity index (χ3n) is 2.26. The molecule has 16 heavy (non-hydrogen) atoms. The molecule has 1 aromatic rings. The van der Waals surface area contributed by atoms with E-state index in [9.17, 15) is 4.79 Å². The number of nitrogens with zero attached hydrogens (tertiary/aromatic N) is 3. The van der Waals surface area contributed by atoms with Crippen LogP contribution in [-0.4, -0.2) is 28.8 Å². The van der Waals surface area contributed by atoms with Crippen LogP contribution in [0.15, 0.2) is 25.6 Å². The molecule has 1 fully saturated rings. The Morgan fingerprint density at radius 2 is 1.88 bits per heavy atom. The Morgan fingerprint density at radius 1 is 1.25 bits per heavy atom. The molecule has 2 rings (SSSR count). The fourth-order valence-corrected chi connectivity index (χ4v) is 1.62. The number of ketones is 1. The monoisotopic (exact) mass is 239 g/mol. The summed E-state index contributed by atoms with van der Waals surface area (Å²) in [6.07, 6.45) is 2.64. The lowest BCUT2D eigenvalue weighted by atomic mass is 10.1. The highest BCUT2D eigenvalue weighted by atomic mass is 35.5. The average molecular weight is 240 g/mol. The van der Waals surface area contributed by atoms with Crippen LogP contribution >= 0.6 is 11.6 Å². The molecule has 0 radical (unpaired) electrons. The van der Waals surface area contributed by atoms with Crippen molar-refractivity contribution in [1.29, 1.82) is 0 Å². The molecule has 5 heteroatoms. The molecule has 1 saturated heterocycles. The van der Waals surface area contributed by atoms with Crippen molar-refractivity contribution >= 4 is 23.2 Å². The number of Topliss-reactive ketones (excluding diaryl/α,β-unsaturated/α-hetero) is 1. The maximum atomic E-state index is 11.0. The standard InChI is InChI=1S/C9H10ClN3O.C2H4/c10-8-5-9(12-6-11-8)13-3-1-7(14)2-4-13;1-2/h5-6H,1-4H2;1-2H2. The molecule has 0 saturated carbocycles. The van der Waals surface area contributed by atoms with Gasteiger partial charge in [0.1, 0.15) is 23.1 Å². The van der Waals surface area contributed by atoms with Crippen molar-refractivity contribution < 1.29 is 4.79 Å². The third kappa shape index (κ3) is 3.31. The Bertz CT molecular complexity index is 360. The highest BCUT2D eigenvalue weighted by molar-refractivity contribution is 6.29. The summed E-state index contributed by atoms with van der Waals surface area (Å²) in [7, 11) is 0. The van der Waals surface area contributed by atoms with E-state index >= 15 is 0 Å². The van der Waals surface area contributed by atoms with Gasteiger partial charge in [0.15, 0.2) is 0 Å². The molecule has 4 nitrogen and oxygen atoms in total. The zero-order valence-corrected chi connectivity index (χ0v) is 9.78. The average Bonchev–Trinajstić information content (AvgIpc) is 2.32. The number of rotatable bonds is 1. The number of hydrogen-bond donors (Lipinski definition) is 0. The second-order valence-electron chi connectivity index (χ2n) is 3.22. The number of carbonyl (C=O) groups is 1. The first-order chi connectivity index (χ1) is 7.75. The smallest absolute Gasteiger partial charge is 0.136 e. The van der Waals surface area contributed by atoms with Crippen LogP contribution in [0.2, 0.25) is 5.15 Å². The summed E-state index contributed by atoms with van der Waals surface area (Å²) in [6.45, 7) is 7.46. The fraction of sp³-hybridized carbons (Fsp3) is 0.364. The van der Waals surface area contributed by atoms with Crippen LogP contribution in [0.25, 0.3) is 0 Å². The van der Waals surface area contributed by atoms with E-state index in [0.29, 0.717) is 23.8 Å². The lowest BCUT2D eigenvalue weighted by Crippen LogP contribution is -2.34. The maximum Gasteiger partial charge on any atom is 0.136 e. The van der Waals surface area contributed by atoms with Gasteiger partial charge in [0.25, 0.3) is 0 Å². The molecule has 0 atom stereocenters. The van der Waals surface area contributed by atoms with Gasteiger partial charge in [-0.15, -0.1) is 13.2 Å². The number of hydrogen-bond acceptors (Lipinski definition) is 4. The summed E-state index contributed by atoms with van der Waals surface area (Å²) in [5.41, 5.74) is 0. The van der Waals surface area contributed by atoms with Crippen LogP contribution in [0, 0.1) is 0 Å². The van der Waals surface area contributed by atoms with Gasteiger partial charge in [0.2, 0.25) is 0 Å². The molecule has 1 aromatic heterocycles. The minimum absolute atomic E-state index is 0.321. The Balaban J connectivity index is 0.000000606. The topological polar surface area (TPSA) is 46.1 Å². The van der Waals surface area contributed by atoms with Gasteiger partial charge in [-0.3, -0.25) is 4.79 Å². The number of anilines is 1. The third-order valence-corrected chi connectivity index (χ3v) is 2.47. The van der Waals surface area contributed by atoms with Gasteiger partial charge in [-0.25, -0.2) is 9.97 Å². The molecule has 0 bridgehead atoms. The molecule has 0 unspecified atom stereocenters. The zero-order chi connectivity index (χ0) is 12.0. The first-order valence-corrected chi connectivity index (χ1v) is 5.38. The van der Waals surface area contributed by atoms with Crippen molar-refractivity contribution in [2.45, 2.75) is 12.8 Å². The van der Waals surface area contributed by atoms with Crippen molar-refractivity contribution in [2.24, 2.45) is 0 Å². The van der Waals surface area contributed by atoms with Crippen LogP contribution in [-0.2, 0) is 4.79 Å². The number of aromatic nitrogens is 2. The summed E-state index contributed by atoms with van der Waals surface area (Å²) in [6, 6.07) is 1.72. The van der Waals surface area contributed by atoms with E-state index in [2.05, 4.69) is 28.0 Å². The largest absolute Gasteiger partial charge is 0.356 e. The first kappa shape index (κ1) is 12.6. The van der Waals surface area contributed by atoms with E-state index < -0.39 is 0 Å². The van der Waals surface area contributed by atoms with E-state index in [-0.39, 0.29) is 0 Å². The molecule has 86 valence electrons. The summed E-state index contributed by atoms with van der Waals surface area (Å²) in [4.78, 5) is 21.0. The summed E-state index contributed by atoms with van der Waals surface area (Å²) >= 11 is 5.75. The highest BCUT2D eigenvalue weighted by Crippen LogP contribution is 2.17. The van der Waals surface area contributed by atoms with Gasteiger partial charge in [-0.1, -0.05) is 11.6 Å². The maximum absolute atomic E-state index is 11.0. The van der Waals surface area contributed by atoms with E-state index in [1.807, 2.05) is 0 Å². The van der Waals surface area contributed by atoms with Gasteiger partial charge in [-0.05, 0) is 0 Å². The first-order valence-electron chi connectivity index (χ1n) is 5.00. The van der Waals surface area contributed by atoms with Gasteiger partial charge < -0.3 is 4.90 Å². The van der Waals surface area contributed by atoms with Crippen molar-refractivity contribution in [3.63, 3.8) is 0 Å². The Hall–Kier alpha value is -1.42. The second-order valence-corrected chi connectivity index (χ2v) is 3.61. The van der Waals surface area contributed by atoms with Gasteiger partial charge in [-0.2, -0.15) is 0 Å². The number of halogens is 1. The van der Waals surface area contributed by atoms with Crippen LogP contribution in [0.3, 0.4) is 0 Å². The van der Waals surface area contributed by atoms with Crippen molar-refractivity contribution in [3.05, 3.63) is 30.7 Å². The van der Waals surface area contributed by atoms with Crippen molar-refractivity contribution in [1.82, 2.24) is 9.97 Å². The zero-order valence-electron chi connectivity index (χ0n) is 9.03. The second kappa shape index (κ2) is 6.23. The molecular formula is C11H14ClN3O. The Labute approximate surface area is 100.0 Å². The fourth-order valence-electron chi connectivity index (χ4n) is 1.48. The lowest BCUT2D eigenvalue weighted by molar-refractivity contribution is -0.119. The quantitative estimate of drug-likeness (QED) is 0.556. The molecule has 0 N–H and O–H groups in total. The summed E-state index contributed by atoms with van der Waals surface area (Å²) < 4.78 is 0. The number of carbonyl (C=O) groups excluding carboxylic acids is 1. The lowest BCUT2D eigenvalue weighted by Gasteiger charge is -2.26. The molecule has 2 heterocycles. The van der Waals surface area contributed by atoms with E-state index in [4.69, 9.17) is 11.6 Å². The normalized spacial score (nSPS) is 15.3. The highest BCUT2D eigenvalue weighted by Gasteiger charge is 2.17. The summed E-state index contributed by atoms with van der Waals surface area (Å²) in [5.74, 6) is 1.12. The number of piperidine rings is 1. The summed E-state index contributed by atoms with van der Waals surface area (Å²) in [5, 5.41) is 0.437. The van der Waals surface area contributed by atoms with Crippen molar-refractivity contribution in [2.75, 3.05) is 18.0 Å². The molecule has 1 aliphatic rings.